The zero-order chi connectivity index (χ0) is 27.0. The number of aliphatic hydroxyl groups is 2. The lowest BCUT2D eigenvalue weighted by Gasteiger charge is -2.63. The molecule has 1 heterocycles. The predicted molar refractivity (Wildman–Crippen MR) is 137 cm³/mol. The van der Waals surface area contributed by atoms with Crippen LogP contribution in [0.1, 0.15) is 78.6 Å². The highest BCUT2D eigenvalue weighted by atomic mass is 32.2. The monoisotopic (exact) mass is 545 g/mol. The molecule has 5 rings (SSSR count). The van der Waals surface area contributed by atoms with Gasteiger partial charge < -0.3 is 15.1 Å². The van der Waals surface area contributed by atoms with Crippen molar-refractivity contribution in [3.8, 4) is 0 Å². The number of aliphatic hydroxyl groups excluding tert-OH is 2. The smallest absolute Gasteiger partial charge is 0.274 e. The standard InChI is InChI=1S/C28H45F2NO5S/c1-17(4-7-24(34)31-10-12-37(35,36)13-11-31)19-5-6-20-25-21(8-9-26(19,20)2)27(3)16-28(29,30)23(33)15-18(27)14-22(25)32/h17-23,25,32-33H,4-16H2,1-3H3/t17-,18-,19-,20?,21?,22?,23-,25?,26-,27+/m1/s1. The first kappa shape index (κ1) is 27.8. The molecule has 9 heteroatoms. The molecule has 4 unspecified atom stereocenters. The van der Waals surface area contributed by atoms with E-state index in [4.69, 9.17) is 0 Å². The summed E-state index contributed by atoms with van der Waals surface area (Å²) in [6, 6.07) is 0. The maximum atomic E-state index is 14.7. The summed E-state index contributed by atoms with van der Waals surface area (Å²) in [5, 5.41) is 21.4. The molecule has 6 nitrogen and oxygen atoms in total. The largest absolute Gasteiger partial charge is 0.393 e. The highest BCUT2D eigenvalue weighted by Crippen LogP contribution is 2.69. The summed E-state index contributed by atoms with van der Waals surface area (Å²) in [5.41, 5.74) is -0.546. The van der Waals surface area contributed by atoms with Gasteiger partial charge in [-0.1, -0.05) is 20.8 Å². The van der Waals surface area contributed by atoms with Gasteiger partial charge in [-0.2, -0.15) is 0 Å². The second kappa shape index (κ2) is 9.39. The summed E-state index contributed by atoms with van der Waals surface area (Å²) in [6.45, 7) is 7.12. The van der Waals surface area contributed by atoms with Crippen molar-refractivity contribution in [3.05, 3.63) is 0 Å². The number of halogens is 2. The molecule has 212 valence electrons. The Morgan fingerprint density at radius 1 is 1.03 bits per heavy atom. The molecule has 1 saturated heterocycles. The van der Waals surface area contributed by atoms with Crippen LogP contribution >= 0.6 is 0 Å². The van der Waals surface area contributed by atoms with Gasteiger partial charge in [0.2, 0.25) is 5.91 Å². The Morgan fingerprint density at radius 2 is 1.68 bits per heavy atom. The number of fused-ring (bicyclic) bond motifs is 5. The van der Waals surface area contributed by atoms with Gasteiger partial charge in [-0.15, -0.1) is 0 Å². The zero-order valence-electron chi connectivity index (χ0n) is 22.5. The normalized spacial score (nSPS) is 47.4. The molecule has 0 aromatic rings. The minimum Gasteiger partial charge on any atom is -0.393 e. The summed E-state index contributed by atoms with van der Waals surface area (Å²) < 4.78 is 52.8. The van der Waals surface area contributed by atoms with Crippen LogP contribution in [-0.4, -0.2) is 72.2 Å². The molecule has 5 aliphatic rings. The molecule has 0 aromatic carbocycles. The van der Waals surface area contributed by atoms with Crippen molar-refractivity contribution < 1.29 is 32.2 Å². The van der Waals surface area contributed by atoms with E-state index in [9.17, 15) is 32.2 Å². The van der Waals surface area contributed by atoms with Crippen molar-refractivity contribution in [2.75, 3.05) is 24.6 Å². The summed E-state index contributed by atoms with van der Waals surface area (Å²) in [4.78, 5) is 14.5. The Bertz CT molecular complexity index is 993. The van der Waals surface area contributed by atoms with E-state index in [2.05, 4.69) is 13.8 Å². The molecule has 1 amide bonds. The third-order valence-corrected chi connectivity index (χ3v) is 13.6. The van der Waals surface area contributed by atoms with E-state index in [1.807, 2.05) is 6.92 Å². The number of hydrogen-bond donors (Lipinski definition) is 2. The predicted octanol–water partition coefficient (Wildman–Crippen LogP) is 3.90. The van der Waals surface area contributed by atoms with Crippen LogP contribution in [0.3, 0.4) is 0 Å². The van der Waals surface area contributed by atoms with Crippen LogP contribution in [0.4, 0.5) is 8.78 Å². The maximum Gasteiger partial charge on any atom is 0.274 e. The van der Waals surface area contributed by atoms with Crippen molar-refractivity contribution in [2.45, 2.75) is 96.7 Å². The van der Waals surface area contributed by atoms with Crippen molar-refractivity contribution in [2.24, 2.45) is 46.3 Å². The SMILES string of the molecule is C[C@H](CCC(=O)N1CCS(=O)(=O)CC1)[C@H]1CCC2C3C(O)C[C@@H]4C[C@@H](O)C(F)(F)C[C@]4(C)C3CC[C@@]21C. The lowest BCUT2D eigenvalue weighted by Crippen LogP contribution is -2.62. The summed E-state index contributed by atoms with van der Waals surface area (Å²) in [6.07, 6.45) is 3.13. The number of hydrogen-bond acceptors (Lipinski definition) is 5. The Balaban J connectivity index is 1.26. The first-order valence-electron chi connectivity index (χ1n) is 14.4. The maximum absolute atomic E-state index is 14.7. The number of carbonyl (C=O) groups excluding carboxylic acids is 1. The number of nitrogens with zero attached hydrogens (tertiary/aromatic N) is 1. The van der Waals surface area contributed by atoms with Gasteiger partial charge in [0.05, 0.1) is 17.6 Å². The Kier molecular flexibility index (Phi) is 7.05. The first-order chi connectivity index (χ1) is 17.2. The van der Waals surface area contributed by atoms with Crippen molar-refractivity contribution in [3.63, 3.8) is 0 Å². The lowest BCUT2D eigenvalue weighted by molar-refractivity contribution is -0.236. The van der Waals surface area contributed by atoms with Gasteiger partial charge in [0, 0.05) is 25.9 Å². The van der Waals surface area contributed by atoms with Gasteiger partial charge in [0.25, 0.3) is 5.92 Å². The van der Waals surface area contributed by atoms with Crippen LogP contribution in [0, 0.1) is 46.3 Å². The fraction of sp³-hybridized carbons (Fsp3) is 0.964. The molecule has 4 aliphatic carbocycles. The fourth-order valence-electron chi connectivity index (χ4n) is 9.88. The lowest BCUT2D eigenvalue weighted by atomic mass is 9.43. The fourth-order valence-corrected chi connectivity index (χ4v) is 11.1. The molecule has 0 aromatic heterocycles. The van der Waals surface area contributed by atoms with E-state index in [-0.39, 0.29) is 72.4 Å². The van der Waals surface area contributed by atoms with Gasteiger partial charge in [0.1, 0.15) is 6.10 Å². The zero-order valence-corrected chi connectivity index (χ0v) is 23.4. The molecule has 0 spiro atoms. The van der Waals surface area contributed by atoms with E-state index in [0.717, 1.165) is 32.1 Å². The van der Waals surface area contributed by atoms with Crippen molar-refractivity contribution in [1.29, 1.82) is 0 Å². The molecule has 2 N–H and O–H groups in total. The summed E-state index contributed by atoms with van der Waals surface area (Å²) >= 11 is 0. The van der Waals surface area contributed by atoms with Crippen LogP contribution in [0.15, 0.2) is 0 Å². The quantitative estimate of drug-likeness (QED) is 0.559. The minimum absolute atomic E-state index is 0.0140. The molecule has 1 aliphatic heterocycles. The second-order valence-electron chi connectivity index (χ2n) is 13.8. The third kappa shape index (κ3) is 4.66. The van der Waals surface area contributed by atoms with E-state index in [1.54, 1.807) is 4.90 Å². The van der Waals surface area contributed by atoms with Gasteiger partial charge in [0.15, 0.2) is 9.84 Å². The Hall–Kier alpha value is -0.800. The van der Waals surface area contributed by atoms with Crippen LogP contribution in [0.5, 0.6) is 0 Å². The number of rotatable bonds is 4. The molecule has 4 saturated carbocycles. The van der Waals surface area contributed by atoms with Crippen LogP contribution in [0.2, 0.25) is 0 Å². The molecule has 0 bridgehead atoms. The van der Waals surface area contributed by atoms with Gasteiger partial charge in [-0.05, 0) is 91.3 Å². The molecule has 5 fully saturated rings. The van der Waals surface area contributed by atoms with Gasteiger partial charge in [-0.3, -0.25) is 4.79 Å². The highest BCUT2D eigenvalue weighted by molar-refractivity contribution is 7.91. The van der Waals surface area contributed by atoms with Gasteiger partial charge in [-0.25, -0.2) is 17.2 Å². The number of sulfone groups is 1. The van der Waals surface area contributed by atoms with E-state index in [1.165, 1.54) is 0 Å². The van der Waals surface area contributed by atoms with Crippen molar-refractivity contribution in [1.82, 2.24) is 4.90 Å². The molecule has 10 atom stereocenters. The third-order valence-electron chi connectivity index (χ3n) is 12.0. The molecular weight excluding hydrogens is 500 g/mol. The Labute approximate surface area is 220 Å². The number of carbonyl (C=O) groups is 1. The molecular formula is C28H45F2NO5S. The summed E-state index contributed by atoms with van der Waals surface area (Å²) in [5.74, 6) is -1.93. The number of amides is 1. The van der Waals surface area contributed by atoms with E-state index < -0.39 is 33.4 Å². The van der Waals surface area contributed by atoms with Crippen LogP contribution in [0.25, 0.3) is 0 Å². The van der Waals surface area contributed by atoms with E-state index >= 15 is 0 Å². The molecule has 0 radical (unpaired) electrons. The highest BCUT2D eigenvalue weighted by Gasteiger charge is 2.66. The Morgan fingerprint density at radius 3 is 2.35 bits per heavy atom. The van der Waals surface area contributed by atoms with Crippen molar-refractivity contribution >= 4 is 15.7 Å². The average molecular weight is 546 g/mol. The minimum atomic E-state index is -3.07. The van der Waals surface area contributed by atoms with E-state index in [0.29, 0.717) is 24.7 Å². The van der Waals surface area contributed by atoms with Crippen LogP contribution in [-0.2, 0) is 14.6 Å². The van der Waals surface area contributed by atoms with Gasteiger partial charge >= 0.3 is 0 Å². The van der Waals surface area contributed by atoms with Crippen LogP contribution < -0.4 is 0 Å². The topological polar surface area (TPSA) is 94.9 Å². The first-order valence-corrected chi connectivity index (χ1v) is 16.2. The molecule has 37 heavy (non-hydrogen) atoms. The summed E-state index contributed by atoms with van der Waals surface area (Å²) in [7, 11) is -3.02. The second-order valence-corrected chi connectivity index (χ2v) is 16.1. The number of alkyl halides is 2. The average Bonchev–Trinajstić information content (AvgIpc) is 3.16.